The monoisotopic (exact) mass is 261 g/mol. The summed E-state index contributed by atoms with van der Waals surface area (Å²) in [6.45, 7) is 0. The molecule has 0 unspecified atom stereocenters. The van der Waals surface area contributed by atoms with E-state index in [1.165, 1.54) is 0 Å². The molecule has 0 radical (unpaired) electrons. The van der Waals surface area contributed by atoms with Gasteiger partial charge in [0, 0.05) is 5.56 Å². The molecule has 0 bridgehead atoms. The Morgan fingerprint density at radius 1 is 0.750 bits per heavy atom. The first kappa shape index (κ1) is 10.8. The van der Waals surface area contributed by atoms with E-state index in [9.17, 15) is 0 Å². The molecular weight excluding hydrogens is 254 g/mol. The zero-order valence-corrected chi connectivity index (χ0v) is 10.2. The minimum absolute atomic E-state index is 0.624. The smallest absolute Gasteiger partial charge is 0.127 e. The molecule has 94 valence electrons. The van der Waals surface area contributed by atoms with Crippen LogP contribution in [0.4, 0.5) is 0 Å². The van der Waals surface area contributed by atoms with Crippen LogP contribution in [0, 0.1) is 0 Å². The van der Waals surface area contributed by atoms with Crippen LogP contribution >= 0.6 is 0 Å². The molecule has 0 spiro atoms. The Morgan fingerprint density at radius 2 is 1.65 bits per heavy atom. The lowest BCUT2D eigenvalue weighted by molar-refractivity contribution is 0.883. The van der Waals surface area contributed by atoms with E-state index in [1.807, 2.05) is 30.3 Å². The van der Waals surface area contributed by atoms with Crippen molar-refractivity contribution >= 4 is 21.9 Å². The number of benzene rings is 1. The quantitative estimate of drug-likeness (QED) is 0.478. The molecule has 0 amide bonds. The zero-order chi connectivity index (χ0) is 13.4. The van der Waals surface area contributed by atoms with E-state index < -0.39 is 0 Å². The molecule has 0 aliphatic rings. The largest absolute Gasteiger partial charge is 0.250 e. The van der Waals surface area contributed by atoms with Gasteiger partial charge < -0.3 is 0 Å². The number of hydrogen-bond donors (Lipinski definition) is 0. The Balaban J connectivity index is 2.12. The number of rotatable bonds is 1. The first-order valence-corrected chi connectivity index (χ1v) is 5.95. The molecule has 0 aliphatic carbocycles. The molecule has 0 aliphatic heterocycles. The van der Waals surface area contributed by atoms with Gasteiger partial charge in [0.25, 0.3) is 0 Å². The minimum atomic E-state index is 0.624. The molecule has 7 heteroatoms. The molecule has 0 fully saturated rings. The van der Waals surface area contributed by atoms with Crippen molar-refractivity contribution in [2.24, 2.45) is 0 Å². The highest BCUT2D eigenvalue weighted by Gasteiger charge is 2.12. The molecule has 0 N–H and O–H groups in total. The van der Waals surface area contributed by atoms with Gasteiger partial charge in [0.05, 0.1) is 17.8 Å². The summed E-state index contributed by atoms with van der Waals surface area (Å²) in [4.78, 5) is 4.39. The Kier molecular flexibility index (Phi) is 2.28. The topological polar surface area (TPSA) is 90.2 Å². The van der Waals surface area contributed by atoms with E-state index in [2.05, 4.69) is 35.8 Å². The number of hydrogen-bond acceptors (Lipinski definition) is 7. The predicted molar refractivity (Wildman–Crippen MR) is 71.5 cm³/mol. The van der Waals surface area contributed by atoms with Crippen LogP contribution in [-0.2, 0) is 0 Å². The Labute approximate surface area is 112 Å². The molecule has 20 heavy (non-hydrogen) atoms. The molecule has 0 atom stereocenters. The molecule has 3 heterocycles. The average molecular weight is 261 g/mol. The molecule has 0 saturated heterocycles. The lowest BCUT2D eigenvalue weighted by Crippen LogP contribution is -1.98. The van der Waals surface area contributed by atoms with Crippen LogP contribution in [0.15, 0.2) is 42.7 Å². The zero-order valence-electron chi connectivity index (χ0n) is 10.2. The molecule has 3 aromatic heterocycles. The van der Waals surface area contributed by atoms with Crippen LogP contribution in [-0.4, -0.2) is 35.8 Å². The maximum atomic E-state index is 4.39. The van der Waals surface area contributed by atoms with Crippen molar-refractivity contribution < 1.29 is 0 Å². The maximum absolute atomic E-state index is 4.39. The van der Waals surface area contributed by atoms with E-state index in [1.54, 1.807) is 12.4 Å². The molecule has 1 aromatic carbocycles. The highest BCUT2D eigenvalue weighted by atomic mass is 15.3. The number of nitrogens with zero attached hydrogens (tertiary/aromatic N) is 7. The van der Waals surface area contributed by atoms with Crippen molar-refractivity contribution in [2.45, 2.75) is 0 Å². The van der Waals surface area contributed by atoms with E-state index in [0.717, 1.165) is 10.9 Å². The van der Waals surface area contributed by atoms with Gasteiger partial charge in [-0.3, -0.25) is 0 Å². The van der Waals surface area contributed by atoms with Gasteiger partial charge in [-0.1, -0.05) is 30.3 Å². The lowest BCUT2D eigenvalue weighted by atomic mass is 10.1. The van der Waals surface area contributed by atoms with Gasteiger partial charge in [-0.2, -0.15) is 0 Å². The van der Waals surface area contributed by atoms with Gasteiger partial charge in [-0.15, -0.1) is 20.4 Å². The van der Waals surface area contributed by atoms with E-state index in [-0.39, 0.29) is 0 Å². The fraction of sp³-hybridized carbons (Fsp3) is 0. The molecule has 7 nitrogen and oxygen atoms in total. The number of pyridine rings is 1. The fourth-order valence-electron chi connectivity index (χ4n) is 2.09. The molecule has 4 aromatic rings. The van der Waals surface area contributed by atoms with E-state index in [4.69, 9.17) is 0 Å². The summed E-state index contributed by atoms with van der Waals surface area (Å²) >= 11 is 0. The molecular formula is C13H7N7. The van der Waals surface area contributed by atoms with Gasteiger partial charge in [0.2, 0.25) is 0 Å². The van der Waals surface area contributed by atoms with Crippen molar-refractivity contribution in [3.05, 3.63) is 42.7 Å². The van der Waals surface area contributed by atoms with Gasteiger partial charge in [0.15, 0.2) is 0 Å². The third kappa shape index (κ3) is 1.57. The molecule has 0 saturated carbocycles. The molecule has 4 rings (SSSR count). The SMILES string of the molecule is c1ccc(-c2nnnc3c2ncc2nnncc23)cc1. The second kappa shape index (κ2) is 4.23. The van der Waals surface area contributed by atoms with E-state index >= 15 is 0 Å². The average Bonchev–Trinajstić information content (AvgIpc) is 2.55. The standard InChI is InChI=1S/C13H7N7/c1-2-4-8(5-3-1)11-13-12(18-20-17-11)9-6-15-19-16-10(9)7-14-13/h1-7H. The summed E-state index contributed by atoms with van der Waals surface area (Å²) in [5.74, 6) is 0. The predicted octanol–water partition coefficient (Wildman–Crippen LogP) is 1.42. The summed E-state index contributed by atoms with van der Waals surface area (Å²) < 4.78 is 0. The van der Waals surface area contributed by atoms with Gasteiger partial charge in [-0.25, -0.2) is 4.98 Å². The Hall–Kier alpha value is -3.09. The summed E-state index contributed by atoms with van der Waals surface area (Å²) in [5.41, 5.74) is 3.56. The van der Waals surface area contributed by atoms with Crippen LogP contribution in [0.1, 0.15) is 0 Å². The van der Waals surface area contributed by atoms with E-state index in [0.29, 0.717) is 22.2 Å². The van der Waals surface area contributed by atoms with Crippen molar-refractivity contribution in [3.63, 3.8) is 0 Å². The van der Waals surface area contributed by atoms with Crippen LogP contribution in [0.3, 0.4) is 0 Å². The van der Waals surface area contributed by atoms with Crippen molar-refractivity contribution in [3.8, 4) is 11.3 Å². The maximum Gasteiger partial charge on any atom is 0.127 e. The third-order valence-corrected chi connectivity index (χ3v) is 3.02. The highest BCUT2D eigenvalue weighted by Crippen LogP contribution is 2.26. The Morgan fingerprint density at radius 3 is 2.55 bits per heavy atom. The first-order chi connectivity index (χ1) is 9.93. The first-order valence-electron chi connectivity index (χ1n) is 5.95. The van der Waals surface area contributed by atoms with Crippen LogP contribution < -0.4 is 0 Å². The lowest BCUT2D eigenvalue weighted by Gasteiger charge is -2.04. The third-order valence-electron chi connectivity index (χ3n) is 3.02. The van der Waals surface area contributed by atoms with Gasteiger partial charge in [0.1, 0.15) is 22.2 Å². The number of fused-ring (bicyclic) bond motifs is 3. The Bertz CT molecular complexity index is 908. The van der Waals surface area contributed by atoms with Crippen molar-refractivity contribution in [1.82, 2.24) is 35.8 Å². The van der Waals surface area contributed by atoms with Crippen LogP contribution in [0.5, 0.6) is 0 Å². The van der Waals surface area contributed by atoms with Gasteiger partial charge >= 0.3 is 0 Å². The fourth-order valence-corrected chi connectivity index (χ4v) is 2.09. The second-order valence-corrected chi connectivity index (χ2v) is 4.19. The number of aromatic nitrogens is 7. The van der Waals surface area contributed by atoms with Crippen LogP contribution in [0.25, 0.3) is 33.2 Å². The summed E-state index contributed by atoms with van der Waals surface area (Å²) in [5, 5.41) is 24.1. The summed E-state index contributed by atoms with van der Waals surface area (Å²) in [6.07, 6.45) is 3.25. The minimum Gasteiger partial charge on any atom is -0.250 e. The summed E-state index contributed by atoms with van der Waals surface area (Å²) in [6, 6.07) is 9.74. The summed E-state index contributed by atoms with van der Waals surface area (Å²) in [7, 11) is 0. The highest BCUT2D eigenvalue weighted by molar-refractivity contribution is 6.04. The van der Waals surface area contributed by atoms with Crippen molar-refractivity contribution in [2.75, 3.05) is 0 Å². The normalized spacial score (nSPS) is 11.0. The second-order valence-electron chi connectivity index (χ2n) is 4.19. The van der Waals surface area contributed by atoms with Crippen molar-refractivity contribution in [1.29, 1.82) is 0 Å². The van der Waals surface area contributed by atoms with Crippen LogP contribution in [0.2, 0.25) is 0 Å². The van der Waals surface area contributed by atoms with Gasteiger partial charge in [-0.05, 0) is 10.4 Å².